The molecule has 9 heteroatoms. The first-order valence-corrected chi connectivity index (χ1v) is 11.2. The predicted molar refractivity (Wildman–Crippen MR) is 128 cm³/mol. The van der Waals surface area contributed by atoms with Gasteiger partial charge in [0.1, 0.15) is 12.1 Å². The number of nitrogens with one attached hydrogen (secondary N) is 1. The first-order valence-electron chi connectivity index (χ1n) is 10.5. The molecule has 0 saturated heterocycles. The van der Waals surface area contributed by atoms with Crippen molar-refractivity contribution < 1.29 is 13.6 Å². The fraction of sp³-hybridized carbons (Fsp3) is 0.160. The Morgan fingerprint density at radius 2 is 1.74 bits per heavy atom. The van der Waals surface area contributed by atoms with Gasteiger partial charge in [-0.2, -0.15) is 0 Å². The van der Waals surface area contributed by atoms with Crippen LogP contribution in [0.1, 0.15) is 33.1 Å². The Kier molecular flexibility index (Phi) is 7.90. The van der Waals surface area contributed by atoms with Crippen molar-refractivity contribution >= 4 is 29.1 Å². The molecular formula is C25H21Cl2FN4O2. The summed E-state index contributed by atoms with van der Waals surface area (Å²) in [7, 11) is 0. The summed E-state index contributed by atoms with van der Waals surface area (Å²) in [6, 6.07) is 15.3. The summed E-state index contributed by atoms with van der Waals surface area (Å²) in [5.41, 5.74) is 2.85. The van der Waals surface area contributed by atoms with E-state index in [9.17, 15) is 9.18 Å². The second-order valence-corrected chi connectivity index (χ2v) is 8.43. The van der Waals surface area contributed by atoms with Crippen molar-refractivity contribution in [1.29, 1.82) is 0 Å². The Morgan fingerprint density at radius 3 is 2.50 bits per heavy atom. The number of amides is 1. The van der Waals surface area contributed by atoms with Crippen LogP contribution >= 0.6 is 23.2 Å². The predicted octanol–water partition coefficient (Wildman–Crippen LogP) is 5.65. The number of oxazole rings is 1. The number of aromatic nitrogens is 2. The molecule has 0 spiro atoms. The third kappa shape index (κ3) is 6.41. The van der Waals surface area contributed by atoms with Gasteiger partial charge in [0.15, 0.2) is 5.69 Å². The summed E-state index contributed by atoms with van der Waals surface area (Å²) in [5, 5.41) is 3.74. The number of hydrogen-bond donors (Lipinski definition) is 1. The number of pyridine rings is 1. The number of rotatable bonds is 9. The van der Waals surface area contributed by atoms with Gasteiger partial charge in [0.25, 0.3) is 5.91 Å². The molecule has 0 aliphatic rings. The third-order valence-electron chi connectivity index (χ3n) is 5.09. The van der Waals surface area contributed by atoms with Crippen molar-refractivity contribution in [2.75, 3.05) is 0 Å². The molecule has 4 rings (SSSR count). The number of hydrogen-bond acceptors (Lipinski definition) is 5. The number of carbonyl (C=O) groups is 1. The number of benzene rings is 2. The Hall–Kier alpha value is -3.26. The van der Waals surface area contributed by atoms with Gasteiger partial charge < -0.3 is 9.73 Å². The van der Waals surface area contributed by atoms with E-state index < -0.39 is 0 Å². The summed E-state index contributed by atoms with van der Waals surface area (Å²) in [4.78, 5) is 22.8. The highest BCUT2D eigenvalue weighted by molar-refractivity contribution is 6.42. The van der Waals surface area contributed by atoms with Crippen molar-refractivity contribution in [3.63, 3.8) is 0 Å². The topological polar surface area (TPSA) is 71.3 Å². The number of carbonyl (C=O) groups excluding carboxylic acids is 1. The van der Waals surface area contributed by atoms with Crippen LogP contribution < -0.4 is 5.32 Å². The van der Waals surface area contributed by atoms with E-state index in [1.165, 1.54) is 18.4 Å². The van der Waals surface area contributed by atoms with Gasteiger partial charge in [0.05, 0.1) is 16.6 Å². The van der Waals surface area contributed by atoms with Gasteiger partial charge in [-0.25, -0.2) is 9.37 Å². The summed E-state index contributed by atoms with van der Waals surface area (Å²) < 4.78 is 18.9. The van der Waals surface area contributed by atoms with Gasteiger partial charge in [-0.15, -0.1) is 0 Å². The lowest BCUT2D eigenvalue weighted by molar-refractivity contribution is 0.0945. The minimum Gasteiger partial charge on any atom is -0.447 e. The van der Waals surface area contributed by atoms with Crippen molar-refractivity contribution in [1.82, 2.24) is 20.2 Å². The SMILES string of the molecule is O=C(NCc1ccncc1)c1coc(CN(Cc2ccc(F)cc2)Cc2cccc(Cl)c2Cl)n1. The average molecular weight is 499 g/mol. The molecule has 34 heavy (non-hydrogen) atoms. The van der Waals surface area contributed by atoms with E-state index in [0.717, 1.165) is 16.7 Å². The van der Waals surface area contributed by atoms with Crippen molar-refractivity contribution in [2.24, 2.45) is 0 Å². The Balaban J connectivity index is 1.47. The molecule has 0 saturated carbocycles. The highest BCUT2D eigenvalue weighted by atomic mass is 35.5. The van der Waals surface area contributed by atoms with Crippen LogP contribution in [0.4, 0.5) is 4.39 Å². The zero-order chi connectivity index (χ0) is 23.9. The van der Waals surface area contributed by atoms with Crippen LogP contribution in [-0.2, 0) is 26.2 Å². The molecule has 1 amide bonds. The molecular weight excluding hydrogens is 478 g/mol. The van der Waals surface area contributed by atoms with Crippen molar-refractivity contribution in [2.45, 2.75) is 26.2 Å². The fourth-order valence-electron chi connectivity index (χ4n) is 3.38. The molecule has 0 bridgehead atoms. The zero-order valence-corrected chi connectivity index (χ0v) is 19.6. The minimum atomic E-state index is -0.338. The highest BCUT2D eigenvalue weighted by Crippen LogP contribution is 2.27. The molecule has 1 N–H and O–H groups in total. The van der Waals surface area contributed by atoms with E-state index in [1.54, 1.807) is 30.6 Å². The van der Waals surface area contributed by atoms with E-state index in [-0.39, 0.29) is 17.4 Å². The summed E-state index contributed by atoms with van der Waals surface area (Å²) in [6.45, 7) is 1.59. The summed E-state index contributed by atoms with van der Waals surface area (Å²) in [6.07, 6.45) is 4.66. The van der Waals surface area contributed by atoms with Crippen LogP contribution in [0.5, 0.6) is 0 Å². The lowest BCUT2D eigenvalue weighted by atomic mass is 10.1. The van der Waals surface area contributed by atoms with Gasteiger partial charge in [0.2, 0.25) is 5.89 Å². The summed E-state index contributed by atoms with van der Waals surface area (Å²) in [5.74, 6) is -0.271. The Morgan fingerprint density at radius 1 is 0.971 bits per heavy atom. The van der Waals surface area contributed by atoms with Gasteiger partial charge in [-0.1, -0.05) is 47.5 Å². The van der Waals surface area contributed by atoms with Crippen LogP contribution in [0.2, 0.25) is 10.0 Å². The zero-order valence-electron chi connectivity index (χ0n) is 18.0. The standard InChI is InChI=1S/C25H21Cl2FN4O2/c26-21-3-1-2-19(24(21)27)14-32(13-18-4-6-20(28)7-5-18)15-23-31-22(16-34-23)25(33)30-12-17-8-10-29-11-9-17/h1-11,16H,12-15H2,(H,30,33). The monoisotopic (exact) mass is 498 g/mol. The fourth-order valence-corrected chi connectivity index (χ4v) is 3.76. The van der Waals surface area contributed by atoms with Crippen LogP contribution in [0.25, 0.3) is 0 Å². The van der Waals surface area contributed by atoms with Gasteiger partial charge in [-0.05, 0) is 47.0 Å². The van der Waals surface area contributed by atoms with Crippen LogP contribution in [0.3, 0.4) is 0 Å². The number of halogens is 3. The van der Waals surface area contributed by atoms with E-state index in [2.05, 4.69) is 15.3 Å². The van der Waals surface area contributed by atoms with Crippen molar-refractivity contribution in [3.8, 4) is 0 Å². The van der Waals surface area contributed by atoms with E-state index in [4.69, 9.17) is 27.6 Å². The van der Waals surface area contributed by atoms with Crippen LogP contribution in [0.15, 0.2) is 77.7 Å². The average Bonchev–Trinajstić information content (AvgIpc) is 3.31. The maximum Gasteiger partial charge on any atom is 0.273 e. The molecule has 4 aromatic rings. The molecule has 0 unspecified atom stereocenters. The quantitative estimate of drug-likeness (QED) is 0.323. The Labute approximate surface area is 206 Å². The van der Waals surface area contributed by atoms with E-state index in [1.807, 2.05) is 29.2 Å². The third-order valence-corrected chi connectivity index (χ3v) is 5.95. The van der Waals surface area contributed by atoms with Crippen LogP contribution in [-0.4, -0.2) is 20.8 Å². The van der Waals surface area contributed by atoms with Crippen molar-refractivity contribution in [3.05, 3.63) is 117 Å². The number of nitrogens with zero attached hydrogens (tertiary/aromatic N) is 3. The maximum atomic E-state index is 13.4. The summed E-state index contributed by atoms with van der Waals surface area (Å²) >= 11 is 12.6. The van der Waals surface area contributed by atoms with E-state index >= 15 is 0 Å². The van der Waals surface area contributed by atoms with Gasteiger partial charge in [0, 0.05) is 32.0 Å². The molecule has 0 radical (unpaired) electrons. The second kappa shape index (κ2) is 11.2. The minimum absolute atomic E-state index is 0.187. The molecule has 6 nitrogen and oxygen atoms in total. The lowest BCUT2D eigenvalue weighted by Gasteiger charge is -2.22. The normalized spacial score (nSPS) is 11.1. The lowest BCUT2D eigenvalue weighted by Crippen LogP contribution is -2.24. The molecule has 2 aromatic heterocycles. The highest BCUT2D eigenvalue weighted by Gasteiger charge is 2.17. The molecule has 0 atom stereocenters. The maximum absolute atomic E-state index is 13.4. The van der Waals surface area contributed by atoms with Gasteiger partial charge in [-0.3, -0.25) is 14.7 Å². The van der Waals surface area contributed by atoms with E-state index in [0.29, 0.717) is 42.1 Å². The second-order valence-electron chi connectivity index (χ2n) is 7.65. The molecule has 174 valence electrons. The Bertz CT molecular complexity index is 1250. The smallest absolute Gasteiger partial charge is 0.273 e. The van der Waals surface area contributed by atoms with Gasteiger partial charge >= 0.3 is 0 Å². The largest absolute Gasteiger partial charge is 0.447 e. The molecule has 0 fully saturated rings. The van der Waals surface area contributed by atoms with Crippen LogP contribution in [0, 0.1) is 5.82 Å². The molecule has 0 aliphatic heterocycles. The molecule has 2 heterocycles. The molecule has 2 aromatic carbocycles. The molecule has 0 aliphatic carbocycles. The first kappa shape index (κ1) is 23.9. The first-order chi connectivity index (χ1) is 16.5.